The van der Waals surface area contributed by atoms with Gasteiger partial charge < -0.3 is 14.6 Å². The van der Waals surface area contributed by atoms with Gasteiger partial charge in [-0.15, -0.1) is 5.10 Å². The number of anilines is 1. The van der Waals surface area contributed by atoms with Gasteiger partial charge in [0.05, 0.1) is 13.2 Å². The number of H-pyrrole nitrogens is 1. The highest BCUT2D eigenvalue weighted by atomic mass is 16.5. The largest absolute Gasteiger partial charge is 0.497 e. The summed E-state index contributed by atoms with van der Waals surface area (Å²) in [5, 5.41) is 14.3. The van der Waals surface area contributed by atoms with Crippen LogP contribution in [-0.2, 0) is 0 Å². The Labute approximate surface area is 228 Å². The lowest BCUT2D eigenvalue weighted by Crippen LogP contribution is -2.49. The third kappa shape index (κ3) is 5.03. The lowest BCUT2D eigenvalue weighted by molar-refractivity contribution is 0.192. The standard InChI is InChI=1S/C30H37N7O2/c1-20-17-21(2)25-19-26(30(38)31-27(25)18-20)28(29-32-33-34-37(29)23-7-5-4-6-8-23)36-15-13-35(14-16-36)22-9-11-24(39-3)12-10-22/h9-12,17-19,23,28H,4-8,13-16H2,1-3H3,(H,31,38)/t28-/m1/s1. The predicted molar refractivity (Wildman–Crippen MR) is 153 cm³/mol. The quantitative estimate of drug-likeness (QED) is 0.393. The van der Waals surface area contributed by atoms with Gasteiger partial charge in [-0.3, -0.25) is 9.69 Å². The van der Waals surface area contributed by atoms with E-state index in [4.69, 9.17) is 4.74 Å². The minimum Gasteiger partial charge on any atom is -0.497 e. The van der Waals surface area contributed by atoms with Gasteiger partial charge >= 0.3 is 0 Å². The highest BCUT2D eigenvalue weighted by molar-refractivity contribution is 5.83. The van der Waals surface area contributed by atoms with E-state index in [2.05, 4.69) is 68.4 Å². The first-order valence-electron chi connectivity index (χ1n) is 14.1. The summed E-state index contributed by atoms with van der Waals surface area (Å²) >= 11 is 0. The van der Waals surface area contributed by atoms with Crippen molar-refractivity contribution in [2.45, 2.75) is 58.0 Å². The van der Waals surface area contributed by atoms with Gasteiger partial charge in [0.25, 0.3) is 5.56 Å². The van der Waals surface area contributed by atoms with Crippen molar-refractivity contribution < 1.29 is 4.74 Å². The highest BCUT2D eigenvalue weighted by Crippen LogP contribution is 2.34. The number of nitrogens with zero attached hydrogens (tertiary/aromatic N) is 6. The van der Waals surface area contributed by atoms with Crippen molar-refractivity contribution in [2.24, 2.45) is 0 Å². The molecular weight excluding hydrogens is 490 g/mol. The van der Waals surface area contributed by atoms with Crippen molar-refractivity contribution in [1.29, 1.82) is 0 Å². The fourth-order valence-electron chi connectivity index (χ4n) is 6.39. The molecule has 2 aliphatic rings. The van der Waals surface area contributed by atoms with E-state index in [9.17, 15) is 4.79 Å². The summed E-state index contributed by atoms with van der Waals surface area (Å²) in [6, 6.07) is 14.4. The minimum absolute atomic E-state index is 0.0757. The minimum atomic E-state index is -0.325. The third-order valence-electron chi connectivity index (χ3n) is 8.44. The fourth-order valence-corrected chi connectivity index (χ4v) is 6.39. The maximum atomic E-state index is 13.7. The summed E-state index contributed by atoms with van der Waals surface area (Å²) in [5.41, 5.74) is 4.96. The number of rotatable bonds is 6. The second kappa shape index (κ2) is 10.8. The summed E-state index contributed by atoms with van der Waals surface area (Å²) in [5.74, 6) is 1.63. The van der Waals surface area contributed by atoms with Gasteiger partial charge in [0.15, 0.2) is 5.82 Å². The molecule has 9 heteroatoms. The first kappa shape index (κ1) is 25.6. The molecule has 4 aromatic rings. The molecule has 2 aromatic carbocycles. The number of methoxy groups -OCH3 is 1. The van der Waals surface area contributed by atoms with Crippen LogP contribution in [0.4, 0.5) is 5.69 Å². The maximum absolute atomic E-state index is 13.7. The fraction of sp³-hybridized carbons (Fsp3) is 0.467. The molecule has 6 rings (SSSR count). The Hall–Kier alpha value is -3.72. The molecule has 1 N–H and O–H groups in total. The van der Waals surface area contributed by atoms with Gasteiger partial charge in [0.1, 0.15) is 11.8 Å². The molecule has 9 nitrogen and oxygen atoms in total. The van der Waals surface area contributed by atoms with Gasteiger partial charge in [-0.05, 0) is 84.6 Å². The number of benzene rings is 2. The van der Waals surface area contributed by atoms with E-state index >= 15 is 0 Å². The van der Waals surface area contributed by atoms with Crippen LogP contribution in [0.3, 0.4) is 0 Å². The number of aryl methyl sites for hydroxylation is 2. The number of fused-ring (bicyclic) bond motifs is 1. The van der Waals surface area contributed by atoms with Crippen LogP contribution < -0.4 is 15.2 Å². The molecule has 204 valence electrons. The molecule has 1 saturated heterocycles. The number of aromatic nitrogens is 5. The van der Waals surface area contributed by atoms with Crippen LogP contribution in [0.25, 0.3) is 10.9 Å². The topological polar surface area (TPSA) is 92.2 Å². The van der Waals surface area contributed by atoms with E-state index in [-0.39, 0.29) is 17.6 Å². The molecule has 1 atom stereocenters. The second-order valence-corrected chi connectivity index (χ2v) is 11.0. The van der Waals surface area contributed by atoms with E-state index in [1.54, 1.807) is 7.11 Å². The molecule has 2 fully saturated rings. The summed E-state index contributed by atoms with van der Waals surface area (Å²) in [6.07, 6.45) is 5.77. The van der Waals surface area contributed by atoms with Gasteiger partial charge in [0, 0.05) is 48.3 Å². The van der Waals surface area contributed by atoms with Crippen LogP contribution in [-0.4, -0.2) is 63.4 Å². The number of pyridine rings is 1. The van der Waals surface area contributed by atoms with Gasteiger partial charge in [-0.1, -0.05) is 25.3 Å². The molecule has 1 aliphatic carbocycles. The Morgan fingerprint density at radius 3 is 2.44 bits per heavy atom. The van der Waals surface area contributed by atoms with Crippen LogP contribution in [0.2, 0.25) is 0 Å². The van der Waals surface area contributed by atoms with E-state index in [0.29, 0.717) is 5.56 Å². The van der Waals surface area contributed by atoms with E-state index in [1.165, 1.54) is 24.9 Å². The van der Waals surface area contributed by atoms with Crippen molar-refractivity contribution in [3.8, 4) is 5.75 Å². The predicted octanol–water partition coefficient (Wildman–Crippen LogP) is 4.56. The number of piperazine rings is 1. The molecular formula is C30H37N7O2. The second-order valence-electron chi connectivity index (χ2n) is 11.0. The van der Waals surface area contributed by atoms with Crippen LogP contribution in [0.5, 0.6) is 5.75 Å². The van der Waals surface area contributed by atoms with Crippen molar-refractivity contribution in [3.05, 3.63) is 75.3 Å². The SMILES string of the molecule is COc1ccc(N2CCN([C@H](c3cc4c(C)cc(C)cc4[nH]c3=O)c3nnnn3C3CCCCC3)CC2)cc1. The number of ether oxygens (including phenoxy) is 1. The van der Waals surface area contributed by atoms with Gasteiger partial charge in [0.2, 0.25) is 0 Å². The summed E-state index contributed by atoms with van der Waals surface area (Å²) < 4.78 is 7.35. The number of tetrazole rings is 1. The van der Waals surface area contributed by atoms with Crippen molar-refractivity contribution in [3.63, 3.8) is 0 Å². The highest BCUT2D eigenvalue weighted by Gasteiger charge is 2.34. The van der Waals surface area contributed by atoms with Crippen molar-refractivity contribution in [1.82, 2.24) is 30.1 Å². The van der Waals surface area contributed by atoms with Crippen LogP contribution in [0, 0.1) is 13.8 Å². The van der Waals surface area contributed by atoms with Gasteiger partial charge in [-0.25, -0.2) is 4.68 Å². The van der Waals surface area contributed by atoms with Crippen LogP contribution in [0.15, 0.2) is 47.3 Å². The number of hydrogen-bond donors (Lipinski definition) is 1. The zero-order chi connectivity index (χ0) is 26.9. The molecule has 0 amide bonds. The monoisotopic (exact) mass is 527 g/mol. The zero-order valence-electron chi connectivity index (χ0n) is 23.1. The molecule has 1 aliphatic heterocycles. The normalized spacial score (nSPS) is 18.0. The van der Waals surface area contributed by atoms with Crippen molar-refractivity contribution >= 4 is 16.6 Å². The molecule has 3 heterocycles. The lowest BCUT2D eigenvalue weighted by atomic mass is 9.94. The molecule has 1 saturated carbocycles. The van der Waals surface area contributed by atoms with E-state index in [0.717, 1.165) is 72.6 Å². The summed E-state index contributed by atoms with van der Waals surface area (Å²) in [4.78, 5) is 21.6. The Kier molecular flexibility index (Phi) is 7.08. The summed E-state index contributed by atoms with van der Waals surface area (Å²) in [6.45, 7) is 7.43. The smallest absolute Gasteiger partial charge is 0.253 e. The molecule has 0 bridgehead atoms. The molecule has 0 radical (unpaired) electrons. The zero-order valence-corrected chi connectivity index (χ0v) is 23.1. The Bertz CT molecular complexity index is 1500. The Morgan fingerprint density at radius 1 is 0.974 bits per heavy atom. The Morgan fingerprint density at radius 2 is 1.72 bits per heavy atom. The number of hydrogen-bond acceptors (Lipinski definition) is 7. The molecule has 39 heavy (non-hydrogen) atoms. The molecule has 2 aromatic heterocycles. The lowest BCUT2D eigenvalue weighted by Gasteiger charge is -2.40. The molecule has 0 unspecified atom stereocenters. The summed E-state index contributed by atoms with van der Waals surface area (Å²) in [7, 11) is 1.69. The first-order valence-corrected chi connectivity index (χ1v) is 14.1. The average Bonchev–Trinajstić information content (AvgIpc) is 3.44. The van der Waals surface area contributed by atoms with Gasteiger partial charge in [-0.2, -0.15) is 0 Å². The first-order chi connectivity index (χ1) is 19.0. The van der Waals surface area contributed by atoms with E-state index in [1.807, 2.05) is 22.9 Å². The Balaban J connectivity index is 1.38. The number of aromatic amines is 1. The average molecular weight is 528 g/mol. The van der Waals surface area contributed by atoms with Crippen LogP contribution in [0.1, 0.15) is 66.7 Å². The van der Waals surface area contributed by atoms with E-state index < -0.39 is 0 Å². The maximum Gasteiger partial charge on any atom is 0.253 e. The van der Waals surface area contributed by atoms with Crippen LogP contribution >= 0.6 is 0 Å². The number of nitrogens with one attached hydrogen (secondary N) is 1. The van der Waals surface area contributed by atoms with Crippen molar-refractivity contribution in [2.75, 3.05) is 38.2 Å². The third-order valence-corrected chi connectivity index (χ3v) is 8.44. The molecule has 0 spiro atoms.